The first-order valence-electron chi connectivity index (χ1n) is 25.4. The molecule has 0 aliphatic carbocycles. The second kappa shape index (κ2) is 22.6. The van der Waals surface area contributed by atoms with Crippen molar-refractivity contribution >= 4 is 87.0 Å². The van der Waals surface area contributed by atoms with Crippen LogP contribution in [0.4, 0.5) is 70.6 Å². The molecule has 422 valence electrons. The van der Waals surface area contributed by atoms with E-state index in [1.807, 2.05) is 32.6 Å². The summed E-state index contributed by atoms with van der Waals surface area (Å²) in [6.07, 6.45) is -0.0728. The van der Waals surface area contributed by atoms with Crippen molar-refractivity contribution in [3.8, 4) is 11.3 Å². The van der Waals surface area contributed by atoms with E-state index in [0.29, 0.717) is 66.7 Å². The molecule has 4 atom stereocenters. The van der Waals surface area contributed by atoms with Crippen molar-refractivity contribution < 1.29 is 63.7 Å². The predicted molar refractivity (Wildman–Crippen MR) is 285 cm³/mol. The maximum Gasteiger partial charge on any atom is 0.534 e. The monoisotopic (exact) mass is 1180 g/mol. The molecule has 0 spiro atoms. The first-order chi connectivity index (χ1) is 37.8. The van der Waals surface area contributed by atoms with Crippen LogP contribution in [-0.2, 0) is 9.31 Å². The Kier molecular flexibility index (Phi) is 16.2. The van der Waals surface area contributed by atoms with Gasteiger partial charge >= 0.3 is 31.5 Å². The number of fused-ring (bicyclic) bond motifs is 8. The van der Waals surface area contributed by atoms with Crippen LogP contribution in [0.3, 0.4) is 0 Å². The zero-order valence-electron chi connectivity index (χ0n) is 44.0. The maximum absolute atomic E-state index is 13.4. The van der Waals surface area contributed by atoms with Gasteiger partial charge in [-0.1, -0.05) is 29.8 Å². The number of oxazole rings is 2. The second-order valence-electron chi connectivity index (χ2n) is 20.7. The predicted octanol–water partition coefficient (Wildman–Crippen LogP) is 10.1. The van der Waals surface area contributed by atoms with Crippen LogP contribution >= 0.6 is 15.9 Å². The summed E-state index contributed by atoms with van der Waals surface area (Å²) in [5, 5.41) is 5.49. The lowest BCUT2D eigenvalue weighted by Crippen LogP contribution is -2.48. The minimum absolute atomic E-state index is 0.0873. The zero-order valence-corrected chi connectivity index (χ0v) is 45.6. The molecular formula is C52H54BBrF6N12O8. The van der Waals surface area contributed by atoms with E-state index < -0.39 is 67.8 Å². The van der Waals surface area contributed by atoms with Crippen LogP contribution in [0.5, 0.6) is 0 Å². The average molecular weight is 1180 g/mol. The Labute approximate surface area is 463 Å². The summed E-state index contributed by atoms with van der Waals surface area (Å²) in [7, 11) is -0.442. The number of hydrogen-bond donors (Lipinski definition) is 2. The lowest BCUT2D eigenvalue weighted by molar-refractivity contribution is -0.169. The molecule has 20 nitrogen and oxygen atoms in total. The van der Waals surface area contributed by atoms with Gasteiger partial charge in [-0.15, -0.1) is 0 Å². The number of alkyl halides is 6. The summed E-state index contributed by atoms with van der Waals surface area (Å²) < 4.78 is 100. The molecule has 4 amide bonds. The van der Waals surface area contributed by atoms with Crippen LogP contribution < -0.4 is 35.9 Å². The normalized spacial score (nSPS) is 19.2. The molecule has 5 aliphatic rings. The number of nitrogens with zero attached hydrogens (tertiary/aromatic N) is 10. The number of pyridine rings is 4. The minimum atomic E-state index is -4.48. The highest BCUT2D eigenvalue weighted by Crippen LogP contribution is 2.42. The first kappa shape index (κ1) is 57.2. The molecule has 6 aromatic rings. The third kappa shape index (κ3) is 12.4. The molecular weight excluding hydrogens is 1130 g/mol. The van der Waals surface area contributed by atoms with Crippen molar-refractivity contribution in [1.29, 1.82) is 0 Å². The standard InChI is InChI=1S/C23H21F3N6O3.C20H19BrF3N5O2.C9H14BNO3/c1-13(23(24,25)26)8-18(33)16-2-3-17-21(29-16)32(15-5-7-31(17)11-15)22(34)30-20-9-14(4-6-28-20)19-10-27-12-35-19;1-11(20(22,23)24)8-16(30)14-2-3-15-18(26-14)29(13-5-7-28(15)10-13)19(31)27-17-9-12(21)4-6-25-17;1-8(2)9(3,4)14-10(13-8)7-5-11-6-12-7/h2-4,6,9-10,12-13,15H,5,7-8,11H2,1H3,(H,28,30,34);2-4,6,9,11,13H,5,7-8,10H2,1H3,(H,25,27,31);5-6H,1-4H3/t13-,15-;11-,13-;/m00./s1. The van der Waals surface area contributed by atoms with E-state index in [1.165, 1.54) is 53.3 Å². The van der Waals surface area contributed by atoms with Crippen molar-refractivity contribution in [2.24, 2.45) is 11.8 Å². The molecule has 0 unspecified atom stereocenters. The molecule has 11 rings (SSSR count). The van der Waals surface area contributed by atoms with E-state index in [2.05, 4.69) is 61.4 Å². The van der Waals surface area contributed by atoms with Crippen LogP contribution in [0, 0.1) is 11.8 Å². The largest absolute Gasteiger partial charge is 0.534 e. The molecule has 4 bridgehead atoms. The molecule has 0 radical (unpaired) electrons. The highest BCUT2D eigenvalue weighted by molar-refractivity contribution is 9.10. The zero-order chi connectivity index (χ0) is 57.5. The molecule has 11 heterocycles. The number of aromatic nitrogens is 6. The number of amides is 4. The van der Waals surface area contributed by atoms with E-state index >= 15 is 0 Å². The third-order valence-electron chi connectivity index (χ3n) is 14.6. The Hall–Kier alpha value is -7.46. The molecule has 0 saturated carbocycles. The Morgan fingerprint density at radius 2 is 1.16 bits per heavy atom. The van der Waals surface area contributed by atoms with Gasteiger partial charge in [-0.3, -0.25) is 30.0 Å². The Bertz CT molecular complexity index is 3230. The molecule has 3 saturated heterocycles. The number of rotatable bonds is 10. The van der Waals surface area contributed by atoms with Crippen molar-refractivity contribution in [1.82, 2.24) is 29.9 Å². The number of anilines is 6. The van der Waals surface area contributed by atoms with Gasteiger partial charge in [0.05, 0.1) is 58.9 Å². The number of halogens is 7. The lowest BCUT2D eigenvalue weighted by atomic mass is 9.87. The summed E-state index contributed by atoms with van der Waals surface area (Å²) >= 11 is 3.32. The number of Topliss-reactive ketones (excluding diaryl/α,β-unsaturated/α-hetero) is 2. The molecule has 3 fully saturated rings. The number of hydrogen-bond acceptors (Lipinski definition) is 16. The highest BCUT2D eigenvalue weighted by atomic mass is 79.9. The van der Waals surface area contributed by atoms with Gasteiger partial charge in [0.25, 0.3) is 0 Å². The number of carbonyl (C=O) groups is 4. The van der Waals surface area contributed by atoms with Crippen LogP contribution in [0.2, 0.25) is 0 Å². The lowest BCUT2D eigenvalue weighted by Gasteiger charge is -2.35. The van der Waals surface area contributed by atoms with Crippen molar-refractivity contribution in [3.05, 3.63) is 102 Å². The summed E-state index contributed by atoms with van der Waals surface area (Å²) in [6, 6.07) is 11.5. The fourth-order valence-corrected chi connectivity index (χ4v) is 9.71. The van der Waals surface area contributed by atoms with E-state index in [1.54, 1.807) is 42.6 Å². The maximum atomic E-state index is 13.4. The number of urea groups is 2. The van der Waals surface area contributed by atoms with Gasteiger partial charge in [-0.25, -0.2) is 39.5 Å². The van der Waals surface area contributed by atoms with E-state index in [0.717, 1.165) is 24.9 Å². The van der Waals surface area contributed by atoms with Gasteiger partial charge in [0, 0.05) is 61.5 Å². The fraction of sp³-hybridized carbons (Fsp3) is 0.423. The summed E-state index contributed by atoms with van der Waals surface area (Å²) in [5.74, 6) is -3.38. The van der Waals surface area contributed by atoms with Gasteiger partial charge in [0.1, 0.15) is 23.0 Å². The van der Waals surface area contributed by atoms with Crippen molar-refractivity contribution in [2.45, 2.75) is 103 Å². The SMILES string of the molecule is CC1(C)OB(c2cnco2)OC1(C)C.C[C@@H](CC(=O)c1ccc2c(n1)N(C(=O)Nc1cc(-c3cnco3)ccn1)[C@H]1CCN2C1)C(F)(F)F.C[C@@H](CC(=O)c1ccc2c(n1)N(C(=O)Nc1cc(Br)ccn1)[C@H]1CCN2C1)C(F)(F)F. The van der Waals surface area contributed by atoms with Gasteiger partial charge in [0.15, 0.2) is 47.4 Å². The Morgan fingerprint density at radius 1 is 0.688 bits per heavy atom. The van der Waals surface area contributed by atoms with Crippen molar-refractivity contribution in [3.63, 3.8) is 0 Å². The van der Waals surface area contributed by atoms with Crippen molar-refractivity contribution in [2.75, 3.05) is 56.4 Å². The minimum Gasteiger partial charge on any atom is -0.452 e. The molecule has 28 heteroatoms. The third-order valence-corrected chi connectivity index (χ3v) is 15.1. The van der Waals surface area contributed by atoms with Gasteiger partial charge in [0.2, 0.25) is 0 Å². The Balaban J connectivity index is 0.000000157. The van der Waals surface area contributed by atoms with E-state index in [4.69, 9.17) is 18.1 Å². The summed E-state index contributed by atoms with van der Waals surface area (Å²) in [5.41, 5.74) is 1.76. The molecule has 80 heavy (non-hydrogen) atoms. The van der Waals surface area contributed by atoms with Crippen LogP contribution in [0.25, 0.3) is 11.3 Å². The number of carbonyl (C=O) groups excluding carboxylic acids is 4. The molecule has 6 aromatic heterocycles. The van der Waals surface area contributed by atoms with E-state index in [-0.39, 0.29) is 52.1 Å². The Morgan fingerprint density at radius 3 is 1.61 bits per heavy atom. The first-order valence-corrected chi connectivity index (χ1v) is 26.2. The smallest absolute Gasteiger partial charge is 0.452 e. The quantitative estimate of drug-likeness (QED) is 0.0739. The van der Waals surface area contributed by atoms with E-state index in [9.17, 15) is 45.5 Å². The van der Waals surface area contributed by atoms with Crippen LogP contribution in [-0.4, -0.2) is 122 Å². The second-order valence-corrected chi connectivity index (χ2v) is 21.7. The fourth-order valence-electron chi connectivity index (χ4n) is 9.37. The van der Waals surface area contributed by atoms with Gasteiger partial charge in [-0.05, 0) is 89.1 Å². The van der Waals surface area contributed by atoms with Crippen LogP contribution in [0.15, 0.2) is 99.4 Å². The topological polar surface area (TPSA) is 227 Å². The summed E-state index contributed by atoms with van der Waals surface area (Å²) in [6.45, 7) is 12.6. The van der Waals surface area contributed by atoms with Gasteiger partial charge in [-0.2, -0.15) is 26.3 Å². The number of ketones is 2. The molecule has 0 aromatic carbocycles. The van der Waals surface area contributed by atoms with Gasteiger partial charge < -0.3 is 27.9 Å². The summed E-state index contributed by atoms with van der Waals surface area (Å²) in [4.78, 5) is 83.2. The molecule has 2 N–H and O–H groups in total. The molecule has 5 aliphatic heterocycles. The van der Waals surface area contributed by atoms with Crippen LogP contribution in [0.1, 0.15) is 88.2 Å². The number of nitrogens with one attached hydrogen (secondary N) is 2. The highest BCUT2D eigenvalue weighted by Gasteiger charge is 2.53. The average Bonchev–Trinajstić information content (AvgIpc) is 4.44.